The molecule has 0 spiro atoms. The Kier molecular flexibility index (Phi) is 3.05. The smallest absolute Gasteiger partial charge is 0.353 e. The number of hydrogen-bond donors (Lipinski definition) is 2. The third-order valence-electron chi connectivity index (χ3n) is 3.42. The number of carbonyl (C=O) groups is 1. The zero-order chi connectivity index (χ0) is 13.2. The van der Waals surface area contributed by atoms with Crippen molar-refractivity contribution in [2.75, 3.05) is 13.2 Å². The Bertz CT molecular complexity index is 583. The number of nitrogens with one attached hydrogen (secondary N) is 1. The first kappa shape index (κ1) is 11.9. The van der Waals surface area contributed by atoms with Crippen molar-refractivity contribution >= 4 is 5.97 Å². The molecule has 1 aliphatic rings. The molecule has 2 N–H and O–H groups in total. The van der Waals surface area contributed by atoms with Gasteiger partial charge in [0, 0.05) is 18.1 Å². The van der Waals surface area contributed by atoms with Crippen molar-refractivity contribution < 1.29 is 14.6 Å². The maximum atomic E-state index is 10.8. The van der Waals surface area contributed by atoms with Crippen molar-refractivity contribution in [2.45, 2.75) is 12.3 Å². The van der Waals surface area contributed by atoms with Gasteiger partial charge in [0.1, 0.15) is 5.69 Å². The molecular weight excluding hydrogens is 244 g/mol. The van der Waals surface area contributed by atoms with Crippen LogP contribution in [0, 0.1) is 0 Å². The number of carboxylic acids is 1. The Labute approximate surface area is 110 Å². The summed E-state index contributed by atoms with van der Waals surface area (Å²) in [6, 6.07) is 9.59. The van der Waals surface area contributed by atoms with E-state index >= 15 is 0 Å². The number of hydrogen-bond acceptors (Lipinski definition) is 3. The van der Waals surface area contributed by atoms with Crippen molar-refractivity contribution in [2.24, 2.45) is 0 Å². The molecule has 1 aromatic carbocycles. The fourth-order valence-corrected chi connectivity index (χ4v) is 2.30. The number of rotatable bonds is 3. The number of carboxylic acid groups (broad SMARTS) is 1. The molecule has 1 fully saturated rings. The lowest BCUT2D eigenvalue weighted by atomic mass is 9.97. The van der Waals surface area contributed by atoms with E-state index in [0.29, 0.717) is 11.6 Å². The standard InChI is InChI=1S/C14H14N2O3/c17-14(18)13-7-12(15-16-13)10-3-1-9(2-4-10)11-5-6-19-8-11/h1-4,7,11H,5-6,8H2,(H,15,16)(H,17,18). The van der Waals surface area contributed by atoms with Crippen molar-refractivity contribution in [1.82, 2.24) is 10.2 Å². The molecule has 19 heavy (non-hydrogen) atoms. The van der Waals surface area contributed by atoms with Gasteiger partial charge in [-0.05, 0) is 18.1 Å². The topological polar surface area (TPSA) is 75.2 Å². The summed E-state index contributed by atoms with van der Waals surface area (Å²) in [5.41, 5.74) is 2.91. The van der Waals surface area contributed by atoms with Crippen LogP contribution in [0.4, 0.5) is 0 Å². The number of aromatic amines is 1. The second-order valence-electron chi connectivity index (χ2n) is 4.65. The second-order valence-corrected chi connectivity index (χ2v) is 4.65. The Morgan fingerprint density at radius 2 is 2.16 bits per heavy atom. The van der Waals surface area contributed by atoms with Crippen molar-refractivity contribution in [3.8, 4) is 11.3 Å². The van der Waals surface area contributed by atoms with Gasteiger partial charge in [0.25, 0.3) is 0 Å². The first-order valence-electron chi connectivity index (χ1n) is 6.21. The quantitative estimate of drug-likeness (QED) is 0.885. The van der Waals surface area contributed by atoms with Crippen LogP contribution in [0.2, 0.25) is 0 Å². The lowest BCUT2D eigenvalue weighted by Crippen LogP contribution is -1.96. The van der Waals surface area contributed by atoms with Gasteiger partial charge < -0.3 is 9.84 Å². The number of nitrogens with zero attached hydrogens (tertiary/aromatic N) is 1. The summed E-state index contributed by atoms with van der Waals surface area (Å²) in [6.07, 6.45) is 1.06. The number of H-pyrrole nitrogens is 1. The minimum Gasteiger partial charge on any atom is -0.477 e. The summed E-state index contributed by atoms with van der Waals surface area (Å²) in [4.78, 5) is 10.8. The van der Waals surface area contributed by atoms with E-state index in [4.69, 9.17) is 9.84 Å². The summed E-state index contributed by atoms with van der Waals surface area (Å²) in [7, 11) is 0. The third kappa shape index (κ3) is 2.37. The largest absolute Gasteiger partial charge is 0.477 e. The molecule has 0 aliphatic carbocycles. The van der Waals surface area contributed by atoms with E-state index in [1.54, 1.807) is 0 Å². The molecule has 2 heterocycles. The Balaban J connectivity index is 1.82. The van der Waals surface area contributed by atoms with Gasteiger partial charge in [0.2, 0.25) is 0 Å². The highest BCUT2D eigenvalue weighted by Crippen LogP contribution is 2.27. The first-order valence-corrected chi connectivity index (χ1v) is 6.21. The summed E-state index contributed by atoms with van der Waals surface area (Å²) in [6.45, 7) is 1.61. The maximum absolute atomic E-state index is 10.8. The first-order chi connectivity index (χ1) is 9.24. The SMILES string of the molecule is O=C(O)c1cc(-c2ccc(C3CCOC3)cc2)n[nH]1. The summed E-state index contributed by atoms with van der Waals surface area (Å²) in [5.74, 6) is -0.527. The van der Waals surface area contributed by atoms with Crippen molar-refractivity contribution in [3.05, 3.63) is 41.6 Å². The van der Waals surface area contributed by atoms with Crippen LogP contribution in [0.15, 0.2) is 30.3 Å². The van der Waals surface area contributed by atoms with Gasteiger partial charge in [-0.25, -0.2) is 4.79 Å². The molecule has 5 heteroatoms. The van der Waals surface area contributed by atoms with Gasteiger partial charge in [-0.2, -0.15) is 5.10 Å². The predicted octanol–water partition coefficient (Wildman–Crippen LogP) is 2.28. The van der Waals surface area contributed by atoms with E-state index in [1.165, 1.54) is 11.6 Å². The highest BCUT2D eigenvalue weighted by molar-refractivity contribution is 5.86. The monoisotopic (exact) mass is 258 g/mol. The molecule has 0 amide bonds. The number of ether oxygens (including phenoxy) is 1. The maximum Gasteiger partial charge on any atom is 0.353 e. The molecule has 0 radical (unpaired) electrons. The van der Waals surface area contributed by atoms with Crippen LogP contribution in [-0.4, -0.2) is 34.5 Å². The van der Waals surface area contributed by atoms with Gasteiger partial charge in [0.05, 0.1) is 12.3 Å². The van der Waals surface area contributed by atoms with E-state index in [9.17, 15) is 4.79 Å². The molecule has 98 valence electrons. The van der Waals surface area contributed by atoms with E-state index < -0.39 is 5.97 Å². The third-order valence-corrected chi connectivity index (χ3v) is 3.42. The average molecular weight is 258 g/mol. The summed E-state index contributed by atoms with van der Waals surface area (Å²) < 4.78 is 5.37. The van der Waals surface area contributed by atoms with Crippen LogP contribution in [0.3, 0.4) is 0 Å². The van der Waals surface area contributed by atoms with Gasteiger partial charge in [0.15, 0.2) is 0 Å². The van der Waals surface area contributed by atoms with Gasteiger partial charge in [-0.1, -0.05) is 24.3 Å². The minimum absolute atomic E-state index is 0.100. The summed E-state index contributed by atoms with van der Waals surface area (Å²) >= 11 is 0. The molecule has 1 aromatic heterocycles. The molecular formula is C14H14N2O3. The highest BCUT2D eigenvalue weighted by Gasteiger charge is 2.17. The van der Waals surface area contributed by atoms with E-state index in [2.05, 4.69) is 22.3 Å². The van der Waals surface area contributed by atoms with E-state index in [1.807, 2.05) is 12.1 Å². The van der Waals surface area contributed by atoms with Crippen molar-refractivity contribution in [1.29, 1.82) is 0 Å². The van der Waals surface area contributed by atoms with Crippen LogP contribution >= 0.6 is 0 Å². The molecule has 2 aromatic rings. The second kappa shape index (κ2) is 4.85. The normalized spacial score (nSPS) is 18.6. The Morgan fingerprint density at radius 3 is 2.74 bits per heavy atom. The number of aromatic carboxylic acids is 1. The van der Waals surface area contributed by atoms with Gasteiger partial charge >= 0.3 is 5.97 Å². The fourth-order valence-electron chi connectivity index (χ4n) is 2.30. The van der Waals surface area contributed by atoms with Crippen LogP contribution in [0.1, 0.15) is 28.4 Å². The molecule has 1 unspecified atom stereocenters. The number of aromatic nitrogens is 2. The van der Waals surface area contributed by atoms with Crippen LogP contribution in [0.25, 0.3) is 11.3 Å². The van der Waals surface area contributed by atoms with E-state index in [-0.39, 0.29) is 5.69 Å². The van der Waals surface area contributed by atoms with E-state index in [0.717, 1.165) is 25.2 Å². The van der Waals surface area contributed by atoms with Crippen LogP contribution in [0.5, 0.6) is 0 Å². The number of benzene rings is 1. The van der Waals surface area contributed by atoms with Gasteiger partial charge in [-0.15, -0.1) is 0 Å². The highest BCUT2D eigenvalue weighted by atomic mass is 16.5. The minimum atomic E-state index is -1.00. The summed E-state index contributed by atoms with van der Waals surface area (Å²) in [5, 5.41) is 15.4. The lowest BCUT2D eigenvalue weighted by molar-refractivity contribution is 0.0690. The zero-order valence-corrected chi connectivity index (χ0v) is 10.3. The molecule has 5 nitrogen and oxygen atoms in total. The van der Waals surface area contributed by atoms with Crippen LogP contribution < -0.4 is 0 Å². The molecule has 0 saturated carbocycles. The molecule has 1 saturated heterocycles. The van der Waals surface area contributed by atoms with Crippen molar-refractivity contribution in [3.63, 3.8) is 0 Å². The molecule has 3 rings (SSSR count). The average Bonchev–Trinajstić information content (AvgIpc) is 3.11. The molecule has 0 bridgehead atoms. The predicted molar refractivity (Wildman–Crippen MR) is 69.2 cm³/mol. The van der Waals surface area contributed by atoms with Crippen LogP contribution in [-0.2, 0) is 4.74 Å². The zero-order valence-electron chi connectivity index (χ0n) is 10.3. The molecule has 1 aliphatic heterocycles. The molecule has 1 atom stereocenters. The lowest BCUT2D eigenvalue weighted by Gasteiger charge is -2.08. The Morgan fingerprint density at radius 1 is 1.37 bits per heavy atom. The fraction of sp³-hybridized carbons (Fsp3) is 0.286. The Hall–Kier alpha value is -2.14. The van der Waals surface area contributed by atoms with Gasteiger partial charge in [-0.3, -0.25) is 5.10 Å².